The number of aromatic nitrogens is 3. The number of benzene rings is 1. The third kappa shape index (κ3) is 3.68. The second-order valence-electron chi connectivity index (χ2n) is 5.46. The summed E-state index contributed by atoms with van der Waals surface area (Å²) in [6.07, 6.45) is 2.69. The number of morpholine rings is 1. The molecule has 1 fully saturated rings. The van der Waals surface area contributed by atoms with Crippen LogP contribution in [0.3, 0.4) is 0 Å². The van der Waals surface area contributed by atoms with Crippen molar-refractivity contribution in [3.63, 3.8) is 0 Å². The van der Waals surface area contributed by atoms with Gasteiger partial charge in [-0.25, -0.2) is 4.79 Å². The zero-order chi connectivity index (χ0) is 16.1. The third-order valence-corrected chi connectivity index (χ3v) is 3.93. The Labute approximate surface area is 135 Å². The lowest BCUT2D eigenvalue weighted by atomic mass is 10.2. The predicted molar refractivity (Wildman–Crippen MR) is 85.2 cm³/mol. The fourth-order valence-electron chi connectivity index (χ4n) is 2.60. The van der Waals surface area contributed by atoms with Crippen molar-refractivity contribution in [2.75, 3.05) is 19.7 Å². The molecule has 0 unspecified atom stereocenters. The lowest BCUT2D eigenvalue weighted by Gasteiger charge is -2.32. The summed E-state index contributed by atoms with van der Waals surface area (Å²) in [6.45, 7) is 4.24. The minimum Gasteiger partial charge on any atom is -0.375 e. The molecule has 2 aromatic rings. The van der Waals surface area contributed by atoms with Crippen LogP contribution in [-0.4, -0.2) is 51.5 Å². The van der Waals surface area contributed by atoms with Crippen LogP contribution in [0.5, 0.6) is 0 Å². The first-order valence-corrected chi connectivity index (χ1v) is 7.86. The molecule has 0 radical (unpaired) electrons. The van der Waals surface area contributed by atoms with Crippen molar-refractivity contribution in [2.24, 2.45) is 0 Å². The SMILES string of the molecule is CC[C@H]1CN(C(=O)NCc2nncn2-c2ccccc2)CCO1. The van der Waals surface area contributed by atoms with Gasteiger partial charge in [-0.1, -0.05) is 25.1 Å². The van der Waals surface area contributed by atoms with Gasteiger partial charge in [-0.3, -0.25) is 4.57 Å². The zero-order valence-corrected chi connectivity index (χ0v) is 13.2. The molecule has 23 heavy (non-hydrogen) atoms. The highest BCUT2D eigenvalue weighted by Gasteiger charge is 2.23. The molecule has 0 aliphatic carbocycles. The Morgan fingerprint density at radius 2 is 2.22 bits per heavy atom. The monoisotopic (exact) mass is 315 g/mol. The number of nitrogens with one attached hydrogen (secondary N) is 1. The Kier molecular flexibility index (Phi) is 4.87. The van der Waals surface area contributed by atoms with Crippen LogP contribution in [0, 0.1) is 0 Å². The second-order valence-corrected chi connectivity index (χ2v) is 5.46. The van der Waals surface area contributed by atoms with E-state index in [1.807, 2.05) is 34.9 Å². The van der Waals surface area contributed by atoms with Gasteiger partial charge in [0, 0.05) is 18.8 Å². The van der Waals surface area contributed by atoms with E-state index in [0.29, 0.717) is 32.1 Å². The molecule has 1 aromatic heterocycles. The van der Waals surface area contributed by atoms with Crippen molar-refractivity contribution >= 4 is 6.03 Å². The van der Waals surface area contributed by atoms with E-state index in [2.05, 4.69) is 22.4 Å². The van der Waals surface area contributed by atoms with E-state index in [9.17, 15) is 4.79 Å². The summed E-state index contributed by atoms with van der Waals surface area (Å²) in [5, 5.41) is 11.0. The van der Waals surface area contributed by atoms with Crippen LogP contribution in [0.2, 0.25) is 0 Å². The van der Waals surface area contributed by atoms with Gasteiger partial charge in [0.15, 0.2) is 5.82 Å². The van der Waals surface area contributed by atoms with Crippen molar-refractivity contribution in [2.45, 2.75) is 26.0 Å². The molecule has 1 aromatic carbocycles. The summed E-state index contributed by atoms with van der Waals surface area (Å²) in [6, 6.07) is 9.73. The first kappa shape index (κ1) is 15.5. The topological polar surface area (TPSA) is 72.3 Å². The van der Waals surface area contributed by atoms with Gasteiger partial charge in [-0.05, 0) is 18.6 Å². The van der Waals surface area contributed by atoms with Gasteiger partial charge in [-0.2, -0.15) is 0 Å². The largest absolute Gasteiger partial charge is 0.375 e. The second kappa shape index (κ2) is 7.23. The van der Waals surface area contributed by atoms with Crippen molar-refractivity contribution in [3.8, 4) is 5.69 Å². The summed E-state index contributed by atoms with van der Waals surface area (Å²) in [4.78, 5) is 14.1. The molecule has 3 rings (SSSR count). The van der Waals surface area contributed by atoms with Crippen LogP contribution in [0.4, 0.5) is 4.79 Å². The summed E-state index contributed by atoms with van der Waals surface area (Å²) in [5.74, 6) is 0.699. The number of nitrogens with zero attached hydrogens (tertiary/aromatic N) is 4. The van der Waals surface area contributed by atoms with Crippen molar-refractivity contribution in [1.29, 1.82) is 0 Å². The van der Waals surface area contributed by atoms with Gasteiger partial charge in [0.1, 0.15) is 6.33 Å². The smallest absolute Gasteiger partial charge is 0.317 e. The Morgan fingerprint density at radius 3 is 3.00 bits per heavy atom. The lowest BCUT2D eigenvalue weighted by Crippen LogP contribution is -2.49. The molecule has 2 heterocycles. The number of ether oxygens (including phenoxy) is 1. The number of rotatable bonds is 4. The standard InChI is InChI=1S/C16H21N5O2/c1-2-14-11-20(8-9-23-14)16(22)17-10-15-19-18-12-21(15)13-6-4-3-5-7-13/h3-7,12,14H,2,8-11H2,1H3,(H,17,22)/t14-/m0/s1. The molecule has 1 aliphatic rings. The number of hydrogen-bond donors (Lipinski definition) is 1. The van der Waals surface area contributed by atoms with Gasteiger partial charge in [0.25, 0.3) is 0 Å². The molecule has 2 amide bonds. The molecule has 1 aliphatic heterocycles. The predicted octanol–water partition coefficient (Wildman–Crippen LogP) is 1.59. The maximum Gasteiger partial charge on any atom is 0.317 e. The van der Waals surface area contributed by atoms with Crippen LogP contribution < -0.4 is 5.32 Å². The van der Waals surface area contributed by atoms with Crippen LogP contribution in [0.15, 0.2) is 36.7 Å². The summed E-state index contributed by atoms with van der Waals surface area (Å²) in [5.41, 5.74) is 0.971. The quantitative estimate of drug-likeness (QED) is 0.930. The Balaban J connectivity index is 1.61. The van der Waals surface area contributed by atoms with Gasteiger partial charge in [0.2, 0.25) is 0 Å². The normalized spacial score (nSPS) is 18.0. The summed E-state index contributed by atoms with van der Waals surface area (Å²) in [7, 11) is 0. The number of urea groups is 1. The third-order valence-electron chi connectivity index (χ3n) is 3.93. The van der Waals surface area contributed by atoms with Crippen molar-refractivity contribution in [3.05, 3.63) is 42.5 Å². The highest BCUT2D eigenvalue weighted by Crippen LogP contribution is 2.10. The molecular formula is C16H21N5O2. The molecule has 0 bridgehead atoms. The molecule has 1 N–H and O–H groups in total. The number of amides is 2. The zero-order valence-electron chi connectivity index (χ0n) is 13.2. The molecule has 7 heteroatoms. The fourth-order valence-corrected chi connectivity index (χ4v) is 2.60. The van der Waals surface area contributed by atoms with Crippen LogP contribution in [0.1, 0.15) is 19.2 Å². The average Bonchev–Trinajstić information content (AvgIpc) is 3.09. The summed E-state index contributed by atoms with van der Waals surface area (Å²) >= 11 is 0. The average molecular weight is 315 g/mol. The van der Waals surface area contributed by atoms with E-state index in [1.54, 1.807) is 11.2 Å². The molecule has 1 saturated heterocycles. The van der Waals surface area contributed by atoms with Crippen LogP contribution in [-0.2, 0) is 11.3 Å². The molecule has 0 spiro atoms. The van der Waals surface area contributed by atoms with E-state index < -0.39 is 0 Å². The maximum atomic E-state index is 12.3. The minimum atomic E-state index is -0.0886. The molecule has 7 nitrogen and oxygen atoms in total. The fraction of sp³-hybridized carbons (Fsp3) is 0.438. The van der Waals surface area contributed by atoms with E-state index in [1.165, 1.54) is 0 Å². The van der Waals surface area contributed by atoms with Crippen molar-refractivity contribution < 1.29 is 9.53 Å². The maximum absolute atomic E-state index is 12.3. The van der Waals surface area contributed by atoms with E-state index in [-0.39, 0.29) is 12.1 Å². The van der Waals surface area contributed by atoms with Crippen LogP contribution >= 0.6 is 0 Å². The summed E-state index contributed by atoms with van der Waals surface area (Å²) < 4.78 is 7.46. The molecule has 1 atom stereocenters. The van der Waals surface area contributed by atoms with E-state index in [0.717, 1.165) is 12.1 Å². The van der Waals surface area contributed by atoms with E-state index >= 15 is 0 Å². The number of hydrogen-bond acceptors (Lipinski definition) is 4. The Hall–Kier alpha value is -2.41. The number of carbonyl (C=O) groups is 1. The highest BCUT2D eigenvalue weighted by atomic mass is 16.5. The van der Waals surface area contributed by atoms with E-state index in [4.69, 9.17) is 4.74 Å². The first-order chi connectivity index (χ1) is 11.3. The first-order valence-electron chi connectivity index (χ1n) is 7.86. The number of carbonyl (C=O) groups excluding carboxylic acids is 1. The molecule has 122 valence electrons. The van der Waals surface area contributed by atoms with Crippen molar-refractivity contribution in [1.82, 2.24) is 25.0 Å². The van der Waals surface area contributed by atoms with Gasteiger partial charge in [0.05, 0.1) is 19.3 Å². The lowest BCUT2D eigenvalue weighted by molar-refractivity contribution is -0.0154. The Morgan fingerprint density at radius 1 is 1.39 bits per heavy atom. The van der Waals surface area contributed by atoms with Gasteiger partial charge in [-0.15, -0.1) is 10.2 Å². The molecular weight excluding hydrogens is 294 g/mol. The van der Waals surface area contributed by atoms with Gasteiger partial charge < -0.3 is 15.0 Å². The number of para-hydroxylation sites is 1. The molecule has 0 saturated carbocycles. The minimum absolute atomic E-state index is 0.0886. The highest BCUT2D eigenvalue weighted by molar-refractivity contribution is 5.74. The van der Waals surface area contributed by atoms with Gasteiger partial charge >= 0.3 is 6.03 Å². The van der Waals surface area contributed by atoms with Crippen LogP contribution in [0.25, 0.3) is 5.69 Å². The Bertz CT molecular complexity index is 643.